The standard InChI is InChI=1S/C80H80B2N6O2S2/c1-4-6-7-8-9-10-11-12-13-14-15-16-17-18-19-36-55-90-66-50-38-40-60(57-66)75-72-73(78(74(84-3)80-86-69-52-33-35-54-71(69)92-80)88(75)82(63-45-28-22-29-46-63)64-47-30-23-31-48-64)76(59-39-37-49-65(56-59)89-5-2)87(81(61-41-24-20-25-42-61)62-43-26-21-27-44-62)77(72)67(58-83)79-85-68-51-32-34-53-70(68)91-79/h20-35,37-54,56-57,79,85H,4-19,36,55H2,1-2H3/b77-67-,78-74+. The number of benzene rings is 8. The molecule has 460 valence electrons. The third kappa shape index (κ3) is 14.2. The maximum atomic E-state index is 12.5. The lowest BCUT2D eigenvalue weighted by atomic mass is 9.50. The van der Waals surface area contributed by atoms with E-state index >= 15 is 0 Å². The number of nitrogens with zero attached hydrogens (tertiary/aromatic N) is 5. The molecule has 0 saturated heterocycles. The molecule has 3 aromatic heterocycles. The van der Waals surface area contributed by atoms with Gasteiger partial charge in [0.15, 0.2) is 0 Å². The first-order valence-corrected chi connectivity index (χ1v) is 35.1. The van der Waals surface area contributed by atoms with Gasteiger partial charge in [-0.2, -0.15) is 5.26 Å². The molecule has 0 saturated carbocycles. The van der Waals surface area contributed by atoms with E-state index in [9.17, 15) is 11.8 Å². The minimum absolute atomic E-state index is 0.399. The van der Waals surface area contributed by atoms with Gasteiger partial charge in [0.05, 0.1) is 47.0 Å². The average Bonchev–Trinajstić information content (AvgIpc) is 1.52. The van der Waals surface area contributed by atoms with Gasteiger partial charge in [0.25, 0.3) is 0 Å². The summed E-state index contributed by atoms with van der Waals surface area (Å²) in [6.07, 6.45) is 20.9. The monoisotopic (exact) mass is 1240 g/mol. The van der Waals surface area contributed by atoms with Gasteiger partial charge in [-0.3, -0.25) is 0 Å². The molecule has 0 amide bonds. The molecule has 1 unspecified atom stereocenters. The van der Waals surface area contributed by atoms with E-state index in [1.54, 1.807) is 11.8 Å². The first-order chi connectivity index (χ1) is 45.6. The van der Waals surface area contributed by atoms with Crippen molar-refractivity contribution in [2.24, 2.45) is 0 Å². The lowest BCUT2D eigenvalue weighted by Crippen LogP contribution is -2.54. The lowest BCUT2D eigenvalue weighted by Gasteiger charge is -2.25. The SMILES string of the molecule is [C-]#[N+]/C(c1nc2ccccc2s1)=c1\c2c(-c3cccc(OCC)c3)n(B(c3ccccc3)c3ccccc3)/c(=C(/C#N)C3Nc4ccccc4S3)c2c(-c2cccc(OCCCCCCCCCCCCCCCCCC)c2)n1B(c1ccccc1)c1ccccc1. The second-order valence-corrected chi connectivity index (χ2v) is 26.3. The van der Waals surface area contributed by atoms with Crippen molar-refractivity contribution in [1.29, 1.82) is 5.26 Å². The highest BCUT2D eigenvalue weighted by molar-refractivity contribution is 8.01. The van der Waals surface area contributed by atoms with Crippen molar-refractivity contribution in [3.8, 4) is 40.1 Å². The molecule has 12 heteroatoms. The Labute approximate surface area is 552 Å². The van der Waals surface area contributed by atoms with Crippen molar-refractivity contribution >= 4 is 96.6 Å². The Morgan fingerprint density at radius 1 is 0.533 bits per heavy atom. The molecule has 1 aliphatic rings. The highest BCUT2D eigenvalue weighted by Gasteiger charge is 2.39. The van der Waals surface area contributed by atoms with Gasteiger partial charge in [-0.15, -0.1) is 11.3 Å². The predicted molar refractivity (Wildman–Crippen MR) is 390 cm³/mol. The molecule has 8 nitrogen and oxygen atoms in total. The maximum absolute atomic E-state index is 12.5. The second-order valence-electron chi connectivity index (χ2n) is 24.1. The number of nitrogens with one attached hydrogen (secondary N) is 1. The van der Waals surface area contributed by atoms with Crippen LogP contribution < -0.4 is 47.3 Å². The molecule has 12 rings (SSSR count). The molecule has 8 aromatic carbocycles. The predicted octanol–water partition coefficient (Wildman–Crippen LogP) is 17.0. The van der Waals surface area contributed by atoms with Crippen molar-refractivity contribution < 1.29 is 9.47 Å². The summed E-state index contributed by atoms with van der Waals surface area (Å²) in [6.45, 7) is 14.1. The Hall–Kier alpha value is -8.93. The summed E-state index contributed by atoms with van der Waals surface area (Å²) < 4.78 is 19.2. The topological polar surface area (TPSA) is 81.4 Å². The minimum atomic E-state index is -0.509. The van der Waals surface area contributed by atoms with Crippen molar-refractivity contribution in [2.45, 2.75) is 127 Å². The Balaban J connectivity index is 1.12. The highest BCUT2D eigenvalue weighted by Crippen LogP contribution is 2.43. The molecule has 11 aromatic rings. The van der Waals surface area contributed by atoms with Gasteiger partial charge in [0.2, 0.25) is 5.70 Å². The normalized spacial score (nSPS) is 13.3. The number of thiazole rings is 1. The molecular formula is C80H80B2N6O2S2. The number of hydrogen-bond donors (Lipinski definition) is 1. The van der Waals surface area contributed by atoms with E-state index in [2.05, 4.69) is 215 Å². The average molecular weight is 1240 g/mol. The quantitative estimate of drug-likeness (QED) is 0.0274. The van der Waals surface area contributed by atoms with Crippen LogP contribution >= 0.6 is 23.1 Å². The number of hydrogen-bond acceptors (Lipinski definition) is 7. The third-order valence-electron chi connectivity index (χ3n) is 17.8. The van der Waals surface area contributed by atoms with Gasteiger partial charge in [0.1, 0.15) is 21.9 Å². The number of unbranched alkanes of at least 4 members (excludes halogenated alkanes) is 15. The van der Waals surface area contributed by atoms with Crippen molar-refractivity contribution in [3.05, 3.63) is 246 Å². The Bertz CT molecular complexity index is 4320. The van der Waals surface area contributed by atoms with E-state index < -0.39 is 19.1 Å². The number of aromatic nitrogens is 3. The van der Waals surface area contributed by atoms with Crippen LogP contribution in [0.4, 0.5) is 5.69 Å². The highest BCUT2D eigenvalue weighted by atomic mass is 32.2. The van der Waals surface area contributed by atoms with Gasteiger partial charge in [-0.25, -0.2) is 9.83 Å². The number of para-hydroxylation sites is 2. The van der Waals surface area contributed by atoms with Gasteiger partial charge in [0, 0.05) is 49.2 Å². The van der Waals surface area contributed by atoms with Crippen LogP contribution in [-0.4, -0.2) is 46.2 Å². The van der Waals surface area contributed by atoms with E-state index in [0.717, 1.165) is 99.9 Å². The van der Waals surface area contributed by atoms with Crippen LogP contribution in [0.5, 0.6) is 11.5 Å². The number of ether oxygens (including phenoxy) is 2. The molecule has 0 bridgehead atoms. The first kappa shape index (κ1) is 63.2. The maximum Gasteiger partial charge on any atom is 0.328 e. The van der Waals surface area contributed by atoms with E-state index in [-0.39, 0.29) is 0 Å². The fourth-order valence-electron chi connectivity index (χ4n) is 13.5. The molecule has 0 fully saturated rings. The summed E-state index contributed by atoms with van der Waals surface area (Å²) >= 11 is 3.19. The smallest absolute Gasteiger partial charge is 0.328 e. The van der Waals surface area contributed by atoms with Gasteiger partial charge in [-0.05, 0) is 61.9 Å². The largest absolute Gasteiger partial charge is 0.494 e. The molecule has 1 atom stereocenters. The molecule has 4 heterocycles. The van der Waals surface area contributed by atoms with E-state index in [0.29, 0.717) is 40.6 Å². The van der Waals surface area contributed by atoms with Crippen LogP contribution in [0.25, 0.3) is 59.6 Å². The summed E-state index contributed by atoms with van der Waals surface area (Å²) in [5.41, 5.74) is 10.3. The number of rotatable bonds is 30. The zero-order valence-electron chi connectivity index (χ0n) is 53.1. The molecule has 1 N–H and O–H groups in total. The lowest BCUT2D eigenvalue weighted by molar-refractivity contribution is 0.304. The summed E-state index contributed by atoms with van der Waals surface area (Å²) in [5.74, 6) is 1.46. The van der Waals surface area contributed by atoms with Gasteiger partial charge < -0.3 is 23.7 Å². The minimum Gasteiger partial charge on any atom is -0.494 e. The molecule has 1 aliphatic heterocycles. The van der Waals surface area contributed by atoms with Gasteiger partial charge >= 0.3 is 13.7 Å². The number of thioether (sulfide) groups is 1. The molecule has 0 aliphatic carbocycles. The summed E-state index contributed by atoms with van der Waals surface area (Å²) in [5, 5.41) is 19.5. The zero-order valence-corrected chi connectivity index (χ0v) is 54.7. The summed E-state index contributed by atoms with van der Waals surface area (Å²) in [4.78, 5) is 11.2. The van der Waals surface area contributed by atoms with Crippen molar-refractivity contribution in [3.63, 3.8) is 0 Å². The molecule has 92 heavy (non-hydrogen) atoms. The zero-order chi connectivity index (χ0) is 62.9. The Morgan fingerprint density at radius 3 is 1.48 bits per heavy atom. The number of anilines is 1. The van der Waals surface area contributed by atoms with Crippen LogP contribution in [-0.2, 0) is 0 Å². The molecule has 0 radical (unpaired) electrons. The van der Waals surface area contributed by atoms with Crippen LogP contribution in [0.1, 0.15) is 122 Å². The Kier molecular flexibility index (Phi) is 21.6. The fraction of sp³-hybridized carbons (Fsp3) is 0.263. The van der Waals surface area contributed by atoms with E-state index in [4.69, 9.17) is 19.3 Å². The van der Waals surface area contributed by atoms with Crippen LogP contribution in [0.2, 0.25) is 0 Å². The molecule has 0 spiro atoms. The van der Waals surface area contributed by atoms with Crippen LogP contribution in [0.15, 0.2) is 223 Å². The van der Waals surface area contributed by atoms with Crippen LogP contribution in [0.3, 0.4) is 0 Å². The van der Waals surface area contributed by atoms with Crippen LogP contribution in [0, 0.1) is 17.9 Å². The first-order valence-electron chi connectivity index (χ1n) is 33.4. The number of fused-ring (bicyclic) bond motifs is 3. The third-order valence-corrected chi connectivity index (χ3v) is 20.1. The van der Waals surface area contributed by atoms with Gasteiger partial charge in [-0.1, -0.05) is 307 Å². The summed E-state index contributed by atoms with van der Waals surface area (Å²) in [7, 11) is 0. The molecular weight excluding hydrogens is 1160 g/mol. The summed E-state index contributed by atoms with van der Waals surface area (Å²) in [6, 6.07) is 78.9. The fourth-order valence-corrected chi connectivity index (χ4v) is 15.6. The van der Waals surface area contributed by atoms with Crippen molar-refractivity contribution in [1.82, 2.24) is 13.9 Å². The van der Waals surface area contributed by atoms with E-state index in [1.165, 1.54) is 101 Å². The van der Waals surface area contributed by atoms with E-state index in [1.807, 2.05) is 37.3 Å². The Morgan fingerprint density at radius 2 is 0.989 bits per heavy atom. The second kappa shape index (κ2) is 31.4. The van der Waals surface area contributed by atoms with Crippen molar-refractivity contribution in [2.75, 3.05) is 18.5 Å². The number of nitriles is 1.